The molecule has 0 radical (unpaired) electrons. The largest absolute Gasteiger partial charge is 0.479 e. The van der Waals surface area contributed by atoms with Gasteiger partial charge in [0.05, 0.1) is 6.04 Å². The number of hydrogen-bond donors (Lipinski definition) is 4. The first-order valence-electron chi connectivity index (χ1n) is 12.9. The molecule has 204 valence electrons. The van der Waals surface area contributed by atoms with Crippen molar-refractivity contribution in [3.63, 3.8) is 0 Å². The van der Waals surface area contributed by atoms with Gasteiger partial charge in [0.2, 0.25) is 11.8 Å². The zero-order chi connectivity index (χ0) is 27.4. The Morgan fingerprint density at radius 2 is 1.64 bits per heavy atom. The predicted octanol–water partition coefficient (Wildman–Crippen LogP) is 2.14. The van der Waals surface area contributed by atoms with Gasteiger partial charge in [-0.2, -0.15) is 0 Å². The second-order valence-corrected chi connectivity index (χ2v) is 13.4. The van der Waals surface area contributed by atoms with Crippen LogP contribution in [-0.4, -0.2) is 75.4 Å². The number of hydrogen-bond acceptors (Lipinski definition) is 6. The molecule has 36 heavy (non-hydrogen) atoms. The number of carboxylic acids is 1. The van der Waals surface area contributed by atoms with Gasteiger partial charge in [0.25, 0.3) is 0 Å². The normalized spacial score (nSPS) is 27.4. The van der Waals surface area contributed by atoms with Crippen LogP contribution in [0.25, 0.3) is 0 Å². The van der Waals surface area contributed by atoms with Crippen molar-refractivity contribution in [3.05, 3.63) is 0 Å². The van der Waals surface area contributed by atoms with Crippen molar-refractivity contribution in [2.24, 2.45) is 28.6 Å². The van der Waals surface area contributed by atoms with Crippen molar-refractivity contribution >= 4 is 23.9 Å². The molecule has 2 unspecified atom stereocenters. The van der Waals surface area contributed by atoms with E-state index in [2.05, 4.69) is 24.5 Å². The number of aliphatic carboxylic acids is 1. The lowest BCUT2D eigenvalue weighted by molar-refractivity contribution is -0.150. The summed E-state index contributed by atoms with van der Waals surface area (Å²) in [6, 6.07) is -2.68. The molecule has 4 N–H and O–H groups in total. The van der Waals surface area contributed by atoms with Crippen LogP contribution in [0.2, 0.25) is 0 Å². The molecule has 1 heterocycles. The van der Waals surface area contributed by atoms with E-state index in [0.717, 1.165) is 12.8 Å². The van der Waals surface area contributed by atoms with E-state index in [1.54, 1.807) is 20.8 Å². The number of piperidine rings is 1. The van der Waals surface area contributed by atoms with Crippen molar-refractivity contribution in [1.29, 1.82) is 0 Å². The van der Waals surface area contributed by atoms with Crippen molar-refractivity contribution in [3.8, 4) is 0 Å². The Hall–Kier alpha value is -2.36. The van der Waals surface area contributed by atoms with E-state index < -0.39 is 53.2 Å². The third-order valence-electron chi connectivity index (χ3n) is 7.78. The van der Waals surface area contributed by atoms with Crippen LogP contribution in [0.1, 0.15) is 74.7 Å². The van der Waals surface area contributed by atoms with Crippen LogP contribution in [0.3, 0.4) is 0 Å². The maximum atomic E-state index is 13.8. The SMILES string of the molecule is CC(C)(C)OC(=O)N[C@H](C(=O)N1C[C@H]2[C@@H]([C@H]1C(=O)NC(CC1CC1)C(O)C(=O)O)C2(C)C)C(C)(C)C. The summed E-state index contributed by atoms with van der Waals surface area (Å²) in [6.07, 6.45) is -0.181. The highest BCUT2D eigenvalue weighted by molar-refractivity contribution is 5.93. The minimum atomic E-state index is -1.72. The van der Waals surface area contributed by atoms with Gasteiger partial charge in [0, 0.05) is 6.54 Å². The molecule has 1 aliphatic heterocycles. The van der Waals surface area contributed by atoms with E-state index >= 15 is 0 Å². The molecule has 3 aliphatic rings. The highest BCUT2D eigenvalue weighted by Crippen LogP contribution is 2.65. The quantitative estimate of drug-likeness (QED) is 0.392. The van der Waals surface area contributed by atoms with Gasteiger partial charge in [-0.25, -0.2) is 9.59 Å². The van der Waals surface area contributed by atoms with Crippen molar-refractivity contribution in [2.75, 3.05) is 6.54 Å². The number of ether oxygens (including phenoxy) is 1. The maximum absolute atomic E-state index is 13.8. The number of rotatable bonds is 8. The minimum Gasteiger partial charge on any atom is -0.479 e. The molecule has 0 spiro atoms. The van der Waals surface area contributed by atoms with Crippen LogP contribution in [0.5, 0.6) is 0 Å². The molecule has 10 nitrogen and oxygen atoms in total. The Balaban J connectivity index is 1.82. The highest BCUT2D eigenvalue weighted by atomic mass is 16.6. The van der Waals surface area contributed by atoms with Crippen molar-refractivity contribution in [1.82, 2.24) is 15.5 Å². The Labute approximate surface area is 213 Å². The number of nitrogens with one attached hydrogen (secondary N) is 2. The number of nitrogens with zero attached hydrogens (tertiary/aromatic N) is 1. The van der Waals surface area contributed by atoms with Crippen LogP contribution in [0, 0.1) is 28.6 Å². The molecule has 0 aromatic rings. The van der Waals surface area contributed by atoms with E-state index in [9.17, 15) is 29.4 Å². The van der Waals surface area contributed by atoms with Crippen molar-refractivity contribution < 1.29 is 34.1 Å². The van der Waals surface area contributed by atoms with Crippen LogP contribution in [-0.2, 0) is 19.1 Å². The van der Waals surface area contributed by atoms with Gasteiger partial charge >= 0.3 is 12.1 Å². The molecule has 10 heteroatoms. The van der Waals surface area contributed by atoms with Crippen LogP contribution >= 0.6 is 0 Å². The number of carbonyl (C=O) groups is 4. The Morgan fingerprint density at radius 3 is 2.11 bits per heavy atom. The van der Waals surface area contributed by atoms with Crippen molar-refractivity contribution in [2.45, 2.75) is 104 Å². The lowest BCUT2D eigenvalue weighted by atomic mass is 9.85. The van der Waals surface area contributed by atoms with Crippen LogP contribution in [0.4, 0.5) is 4.79 Å². The van der Waals surface area contributed by atoms with Gasteiger partial charge in [0.15, 0.2) is 6.10 Å². The molecule has 0 bridgehead atoms. The smallest absolute Gasteiger partial charge is 0.408 e. The Kier molecular flexibility index (Phi) is 7.45. The van der Waals surface area contributed by atoms with E-state index in [1.165, 1.54) is 4.90 Å². The number of amides is 3. The number of alkyl carbamates (subject to hydrolysis) is 1. The third-order valence-corrected chi connectivity index (χ3v) is 7.78. The molecular formula is C26H43N3O7. The second-order valence-electron chi connectivity index (χ2n) is 13.4. The van der Waals surface area contributed by atoms with E-state index in [0.29, 0.717) is 13.0 Å². The maximum Gasteiger partial charge on any atom is 0.408 e. The number of carboxylic acid groups (broad SMARTS) is 1. The summed E-state index contributed by atoms with van der Waals surface area (Å²) in [7, 11) is 0. The number of aliphatic hydroxyl groups is 1. The fourth-order valence-corrected chi connectivity index (χ4v) is 5.47. The molecular weight excluding hydrogens is 466 g/mol. The lowest BCUT2D eigenvalue weighted by Crippen LogP contribution is -2.61. The topological polar surface area (TPSA) is 145 Å². The number of likely N-dealkylation sites (tertiary alicyclic amines) is 1. The average molecular weight is 510 g/mol. The molecule has 0 aromatic heterocycles. The molecule has 0 aromatic carbocycles. The lowest BCUT2D eigenvalue weighted by Gasteiger charge is -2.38. The average Bonchev–Trinajstić information content (AvgIpc) is 3.55. The number of fused-ring (bicyclic) bond motifs is 1. The zero-order valence-corrected chi connectivity index (χ0v) is 22.8. The van der Waals surface area contributed by atoms with E-state index in [1.807, 2.05) is 20.8 Å². The first-order valence-corrected chi connectivity index (χ1v) is 12.9. The summed E-state index contributed by atoms with van der Waals surface area (Å²) in [5.74, 6) is -1.93. The third kappa shape index (κ3) is 6.12. The van der Waals surface area contributed by atoms with Crippen LogP contribution < -0.4 is 10.6 Å². The molecule has 3 amide bonds. The first-order chi connectivity index (χ1) is 16.3. The fourth-order valence-electron chi connectivity index (χ4n) is 5.47. The summed E-state index contributed by atoms with van der Waals surface area (Å²) in [6.45, 7) is 15.2. The first kappa shape index (κ1) is 28.2. The molecule has 3 fully saturated rings. The van der Waals surface area contributed by atoms with E-state index in [-0.39, 0.29) is 29.1 Å². The summed E-state index contributed by atoms with van der Waals surface area (Å²) < 4.78 is 5.37. The summed E-state index contributed by atoms with van der Waals surface area (Å²) in [5.41, 5.74) is -1.55. The Bertz CT molecular complexity index is 900. The van der Waals surface area contributed by atoms with Gasteiger partial charge in [-0.05, 0) is 55.8 Å². The molecule has 1 saturated heterocycles. The van der Waals surface area contributed by atoms with Gasteiger partial charge in [0.1, 0.15) is 17.7 Å². The zero-order valence-electron chi connectivity index (χ0n) is 22.8. The molecule has 6 atom stereocenters. The standard InChI is InChI=1S/C26H43N3O7/c1-24(2,3)19(28-23(35)36-25(4,5)6)21(32)29-12-14-16(26(14,7)8)17(29)20(31)27-15(11-13-9-10-13)18(30)22(33)34/h13-19,30H,9-12H2,1-8H3,(H,27,31)(H,28,35)(H,33,34)/t14-,15?,16-,17-,18?,19+/m0/s1. The minimum absolute atomic E-state index is 0.0906. The number of aliphatic hydroxyl groups excluding tert-OH is 1. The summed E-state index contributed by atoms with van der Waals surface area (Å²) in [5, 5.41) is 25.1. The number of carbonyl (C=O) groups excluding carboxylic acids is 3. The van der Waals surface area contributed by atoms with Gasteiger partial charge in [-0.15, -0.1) is 0 Å². The second kappa shape index (κ2) is 9.50. The molecule has 3 rings (SSSR count). The monoisotopic (exact) mass is 509 g/mol. The Morgan fingerprint density at radius 1 is 1.06 bits per heavy atom. The fraction of sp³-hybridized carbons (Fsp3) is 0.846. The predicted molar refractivity (Wildman–Crippen MR) is 132 cm³/mol. The molecule has 2 saturated carbocycles. The highest BCUT2D eigenvalue weighted by Gasteiger charge is 2.70. The van der Waals surface area contributed by atoms with Gasteiger partial charge in [-0.1, -0.05) is 47.5 Å². The van der Waals surface area contributed by atoms with Crippen LogP contribution in [0.15, 0.2) is 0 Å². The summed E-state index contributed by atoms with van der Waals surface area (Å²) in [4.78, 5) is 53.0. The van der Waals surface area contributed by atoms with E-state index in [4.69, 9.17) is 4.74 Å². The summed E-state index contributed by atoms with van der Waals surface area (Å²) >= 11 is 0. The van der Waals surface area contributed by atoms with Gasteiger partial charge < -0.3 is 30.5 Å². The van der Waals surface area contributed by atoms with Gasteiger partial charge in [-0.3, -0.25) is 9.59 Å². The molecule has 2 aliphatic carbocycles.